The maximum atomic E-state index is 12.9. The molecule has 0 aromatic carbocycles. The first-order valence-corrected chi connectivity index (χ1v) is 12.0. The smallest absolute Gasteiger partial charge is 0.272 e. The topological polar surface area (TPSA) is 111 Å². The van der Waals surface area contributed by atoms with Crippen LogP contribution in [-0.4, -0.2) is 63.5 Å². The Balaban J connectivity index is 1.27. The minimum absolute atomic E-state index is 0.0119. The second kappa shape index (κ2) is 8.79. The van der Waals surface area contributed by atoms with E-state index >= 15 is 0 Å². The number of ether oxygens (including phenoxy) is 1. The molecule has 9 nitrogen and oxygen atoms in total. The number of pyridine rings is 1. The molecular formula is C24H30ClN7O2. The van der Waals surface area contributed by atoms with Crippen molar-refractivity contribution < 1.29 is 9.53 Å². The minimum atomic E-state index is -0.406. The molecule has 1 aliphatic carbocycles. The van der Waals surface area contributed by atoms with Crippen LogP contribution in [0, 0.1) is 0 Å². The SMILES string of the molecule is CCn1cc(Cl)c2cc(C(=O)NC3CCc4nc(N5CC(OC)C(C)(N)C5)ccc4C3)nnc21. The average Bonchev–Trinajstić information content (AvgIpc) is 3.33. The second-order valence-corrected chi connectivity index (χ2v) is 9.94. The van der Waals surface area contributed by atoms with Crippen LogP contribution in [-0.2, 0) is 24.1 Å². The minimum Gasteiger partial charge on any atom is -0.378 e. The van der Waals surface area contributed by atoms with Crippen LogP contribution in [0.3, 0.4) is 0 Å². The molecule has 2 aliphatic rings. The average molecular weight is 484 g/mol. The molecule has 0 spiro atoms. The summed E-state index contributed by atoms with van der Waals surface area (Å²) in [5.74, 6) is 0.689. The monoisotopic (exact) mass is 483 g/mol. The number of aromatic nitrogens is 4. The Morgan fingerprint density at radius 3 is 2.94 bits per heavy atom. The predicted octanol–water partition coefficient (Wildman–Crippen LogP) is 2.34. The summed E-state index contributed by atoms with van der Waals surface area (Å²) in [6.45, 7) is 6.19. The molecule has 3 N–H and O–H groups in total. The van der Waals surface area contributed by atoms with Gasteiger partial charge < -0.3 is 25.3 Å². The predicted molar refractivity (Wildman–Crippen MR) is 131 cm³/mol. The van der Waals surface area contributed by atoms with Gasteiger partial charge in [0.05, 0.1) is 16.7 Å². The summed E-state index contributed by atoms with van der Waals surface area (Å²) in [6.07, 6.45) is 4.13. The zero-order valence-electron chi connectivity index (χ0n) is 19.7. The van der Waals surface area contributed by atoms with Crippen LogP contribution in [0.1, 0.15) is 42.0 Å². The van der Waals surface area contributed by atoms with Crippen molar-refractivity contribution in [2.45, 2.75) is 57.3 Å². The molecular weight excluding hydrogens is 454 g/mol. The highest BCUT2D eigenvalue weighted by atomic mass is 35.5. The fraction of sp³-hybridized carbons (Fsp3) is 0.500. The molecule has 4 heterocycles. The normalized spacial score (nSPS) is 24.4. The van der Waals surface area contributed by atoms with Gasteiger partial charge in [0.2, 0.25) is 0 Å². The highest BCUT2D eigenvalue weighted by Gasteiger charge is 2.41. The van der Waals surface area contributed by atoms with Gasteiger partial charge in [0.15, 0.2) is 11.3 Å². The van der Waals surface area contributed by atoms with Crippen molar-refractivity contribution in [3.05, 3.63) is 46.4 Å². The van der Waals surface area contributed by atoms with Gasteiger partial charge in [-0.3, -0.25) is 4.79 Å². The molecule has 1 saturated heterocycles. The summed E-state index contributed by atoms with van der Waals surface area (Å²) >= 11 is 6.33. The van der Waals surface area contributed by atoms with Gasteiger partial charge in [-0.1, -0.05) is 17.7 Å². The Morgan fingerprint density at radius 2 is 2.21 bits per heavy atom. The number of aryl methyl sites for hydroxylation is 2. The number of rotatable bonds is 5. The molecule has 10 heteroatoms. The lowest BCUT2D eigenvalue weighted by molar-refractivity contribution is 0.0751. The van der Waals surface area contributed by atoms with E-state index in [0.29, 0.717) is 17.2 Å². The first kappa shape index (κ1) is 23.0. The molecule has 3 aromatic heterocycles. The van der Waals surface area contributed by atoms with E-state index in [2.05, 4.69) is 26.5 Å². The molecule has 1 aliphatic heterocycles. The highest BCUT2D eigenvalue weighted by molar-refractivity contribution is 6.35. The van der Waals surface area contributed by atoms with Gasteiger partial charge in [-0.25, -0.2) is 4.98 Å². The van der Waals surface area contributed by atoms with Crippen molar-refractivity contribution in [3.8, 4) is 0 Å². The third kappa shape index (κ3) is 4.12. The summed E-state index contributed by atoms with van der Waals surface area (Å²) in [5, 5.41) is 12.8. The molecule has 3 aromatic rings. The maximum absolute atomic E-state index is 12.9. The quantitative estimate of drug-likeness (QED) is 0.572. The highest BCUT2D eigenvalue weighted by Crippen LogP contribution is 2.29. The van der Waals surface area contributed by atoms with Crippen molar-refractivity contribution in [1.82, 2.24) is 25.1 Å². The number of anilines is 1. The van der Waals surface area contributed by atoms with Gasteiger partial charge in [-0.2, -0.15) is 0 Å². The fourth-order valence-corrected chi connectivity index (χ4v) is 5.31. The van der Waals surface area contributed by atoms with Gasteiger partial charge in [-0.15, -0.1) is 10.2 Å². The van der Waals surface area contributed by atoms with Crippen molar-refractivity contribution in [3.63, 3.8) is 0 Å². The Kier molecular flexibility index (Phi) is 5.95. The van der Waals surface area contributed by atoms with Crippen LogP contribution >= 0.6 is 11.6 Å². The summed E-state index contributed by atoms with van der Waals surface area (Å²) < 4.78 is 7.48. The van der Waals surface area contributed by atoms with Crippen molar-refractivity contribution in [2.75, 3.05) is 25.1 Å². The summed E-state index contributed by atoms with van der Waals surface area (Å²) in [6, 6.07) is 5.88. The number of methoxy groups -OCH3 is 1. The number of nitrogens with one attached hydrogen (secondary N) is 1. The number of nitrogens with zero attached hydrogens (tertiary/aromatic N) is 5. The van der Waals surface area contributed by atoms with Crippen molar-refractivity contribution in [2.24, 2.45) is 5.73 Å². The van der Waals surface area contributed by atoms with Crippen LogP contribution in [0.2, 0.25) is 5.02 Å². The van der Waals surface area contributed by atoms with E-state index in [-0.39, 0.29) is 23.7 Å². The Labute approximate surface area is 203 Å². The van der Waals surface area contributed by atoms with Crippen molar-refractivity contribution in [1.29, 1.82) is 0 Å². The largest absolute Gasteiger partial charge is 0.378 e. The first-order chi connectivity index (χ1) is 16.3. The van der Waals surface area contributed by atoms with E-state index in [9.17, 15) is 4.79 Å². The van der Waals surface area contributed by atoms with Crippen LogP contribution in [0.5, 0.6) is 0 Å². The number of fused-ring (bicyclic) bond motifs is 2. The van der Waals surface area contributed by atoms with Crippen LogP contribution in [0.4, 0.5) is 5.82 Å². The number of halogens is 1. The molecule has 1 fully saturated rings. The lowest BCUT2D eigenvalue weighted by atomic mass is 9.91. The van der Waals surface area contributed by atoms with E-state index in [1.54, 1.807) is 13.2 Å². The Hall–Kier alpha value is -2.75. The Morgan fingerprint density at radius 1 is 1.38 bits per heavy atom. The fourth-order valence-electron chi connectivity index (χ4n) is 5.06. The molecule has 0 saturated carbocycles. The molecule has 34 heavy (non-hydrogen) atoms. The Bertz CT molecular complexity index is 1240. The number of carbonyl (C=O) groups excluding carboxylic acids is 1. The van der Waals surface area contributed by atoms with E-state index in [0.717, 1.165) is 54.8 Å². The number of amides is 1. The van der Waals surface area contributed by atoms with Gasteiger partial charge in [-0.05, 0) is 50.8 Å². The van der Waals surface area contributed by atoms with Crippen LogP contribution in [0.15, 0.2) is 24.4 Å². The summed E-state index contributed by atoms with van der Waals surface area (Å²) in [7, 11) is 1.70. The summed E-state index contributed by atoms with van der Waals surface area (Å²) in [4.78, 5) is 20.0. The third-order valence-corrected chi connectivity index (χ3v) is 7.29. The molecule has 5 rings (SSSR count). The number of hydrogen-bond acceptors (Lipinski definition) is 7. The van der Waals surface area contributed by atoms with Gasteiger partial charge in [0.25, 0.3) is 5.91 Å². The van der Waals surface area contributed by atoms with E-state index in [1.807, 2.05) is 30.7 Å². The maximum Gasteiger partial charge on any atom is 0.272 e. The number of carbonyl (C=O) groups is 1. The molecule has 180 valence electrons. The zero-order valence-corrected chi connectivity index (χ0v) is 20.5. The van der Waals surface area contributed by atoms with E-state index < -0.39 is 5.54 Å². The van der Waals surface area contributed by atoms with Crippen LogP contribution in [0.25, 0.3) is 11.0 Å². The van der Waals surface area contributed by atoms with Gasteiger partial charge >= 0.3 is 0 Å². The molecule has 1 amide bonds. The summed E-state index contributed by atoms with van der Waals surface area (Å²) in [5.41, 5.74) is 9.19. The second-order valence-electron chi connectivity index (χ2n) is 9.53. The van der Waals surface area contributed by atoms with Gasteiger partial charge in [0.1, 0.15) is 5.82 Å². The molecule has 3 atom stereocenters. The molecule has 0 bridgehead atoms. The number of nitrogens with two attached hydrogens (primary N) is 1. The standard InChI is InChI=1S/C24H30ClN7O2/c1-4-31-11-17(25)16-10-19(29-30-22(16)31)23(33)27-15-6-7-18-14(9-15)5-8-21(28-18)32-12-20(34-3)24(2,26)13-32/h5,8,10-11,15,20H,4,6-7,9,12-13,26H2,1-3H3,(H,27,33). The van der Waals surface area contributed by atoms with E-state index in [4.69, 9.17) is 27.1 Å². The lowest BCUT2D eigenvalue weighted by Gasteiger charge is -2.27. The van der Waals surface area contributed by atoms with Crippen molar-refractivity contribution >= 4 is 34.4 Å². The first-order valence-electron chi connectivity index (χ1n) is 11.7. The van der Waals surface area contributed by atoms with Crippen LogP contribution < -0.4 is 16.0 Å². The van der Waals surface area contributed by atoms with Gasteiger partial charge in [0, 0.05) is 50.1 Å². The number of hydrogen-bond donors (Lipinski definition) is 2. The molecule has 0 radical (unpaired) electrons. The zero-order chi connectivity index (χ0) is 24.0. The third-order valence-electron chi connectivity index (χ3n) is 6.99. The lowest BCUT2D eigenvalue weighted by Crippen LogP contribution is -2.48. The molecule has 3 unspecified atom stereocenters. The van der Waals surface area contributed by atoms with E-state index in [1.165, 1.54) is 0 Å².